The molecule has 1 N–H and O–H groups in total. The van der Waals surface area contributed by atoms with Crippen molar-refractivity contribution in [1.82, 2.24) is 0 Å². The molecule has 0 heterocycles. The van der Waals surface area contributed by atoms with Gasteiger partial charge in [-0.25, -0.2) is 0 Å². The lowest BCUT2D eigenvalue weighted by atomic mass is 9.96. The van der Waals surface area contributed by atoms with Crippen LogP contribution in [0.1, 0.15) is 0 Å². The summed E-state index contributed by atoms with van der Waals surface area (Å²) >= 11 is 0. The van der Waals surface area contributed by atoms with E-state index >= 15 is 0 Å². The van der Waals surface area contributed by atoms with Crippen LogP contribution in [-0.4, -0.2) is 13.0 Å². The Morgan fingerprint density at radius 1 is 1.25 bits per heavy atom. The molecule has 0 aromatic heterocycles. The summed E-state index contributed by atoms with van der Waals surface area (Å²) < 4.78 is 0. The monoisotopic (exact) mass is 106 g/mol. The number of hydrogen-bond donors (Lipinski definition) is 1. The molecule has 0 spiro atoms. The Morgan fingerprint density at radius 3 is 2.25 bits per heavy atom. The molecule has 0 amide bonds. The number of phenolic OH excluding ortho intramolecular Hbond substituents is 1. The van der Waals surface area contributed by atoms with Crippen LogP contribution >= 0.6 is 0 Å². The zero-order valence-corrected chi connectivity index (χ0v) is 4.76. The molecule has 40 valence electrons. The predicted molar refractivity (Wildman–Crippen MR) is 36.3 cm³/mol. The summed E-state index contributed by atoms with van der Waals surface area (Å²) in [5, 5.41) is 8.92. The highest BCUT2D eigenvalue weighted by molar-refractivity contribution is 6.34. The summed E-state index contributed by atoms with van der Waals surface area (Å²) in [6.45, 7) is 0. The van der Waals surface area contributed by atoms with Crippen molar-refractivity contribution in [1.29, 1.82) is 0 Å². The van der Waals surface area contributed by atoms with Crippen LogP contribution in [0.25, 0.3) is 0 Å². The van der Waals surface area contributed by atoms with Crippen molar-refractivity contribution in [2.75, 3.05) is 0 Å². The Labute approximate surface area is 49.4 Å². The van der Waals surface area contributed by atoms with Crippen LogP contribution in [0.4, 0.5) is 0 Å². The van der Waals surface area contributed by atoms with Gasteiger partial charge in [-0.3, -0.25) is 0 Å². The number of phenols is 1. The van der Waals surface area contributed by atoms with Crippen molar-refractivity contribution in [3.05, 3.63) is 24.3 Å². The Morgan fingerprint density at radius 2 is 1.88 bits per heavy atom. The van der Waals surface area contributed by atoms with Gasteiger partial charge in [-0.1, -0.05) is 18.2 Å². The third-order valence-corrected chi connectivity index (χ3v) is 1.12. The number of para-hydroxylation sites is 1. The van der Waals surface area contributed by atoms with Gasteiger partial charge in [0.25, 0.3) is 0 Å². The fraction of sp³-hybridized carbons (Fsp3) is 0. The van der Waals surface area contributed by atoms with Gasteiger partial charge < -0.3 is 5.11 Å². The Balaban J connectivity index is 3.13. The van der Waals surface area contributed by atoms with Crippen molar-refractivity contribution in [2.24, 2.45) is 0 Å². The maximum atomic E-state index is 8.92. The standard InChI is InChI=1S/C6H7BO/c7-5-3-1-2-4-6(5)8/h1-4,8H,7H2. The molecule has 0 saturated carbocycles. The van der Waals surface area contributed by atoms with Crippen molar-refractivity contribution in [3.63, 3.8) is 0 Å². The van der Waals surface area contributed by atoms with E-state index < -0.39 is 0 Å². The zero-order valence-electron chi connectivity index (χ0n) is 4.76. The maximum Gasteiger partial charge on any atom is 0.144 e. The van der Waals surface area contributed by atoms with E-state index in [1.54, 1.807) is 6.07 Å². The molecule has 0 radical (unpaired) electrons. The highest BCUT2D eigenvalue weighted by Gasteiger charge is 1.87. The predicted octanol–water partition coefficient (Wildman–Crippen LogP) is -0.349. The van der Waals surface area contributed by atoms with E-state index in [0.717, 1.165) is 5.46 Å². The van der Waals surface area contributed by atoms with Gasteiger partial charge in [0.15, 0.2) is 0 Å². The van der Waals surface area contributed by atoms with Crippen molar-refractivity contribution < 1.29 is 5.11 Å². The first-order chi connectivity index (χ1) is 3.80. The van der Waals surface area contributed by atoms with E-state index in [0.29, 0.717) is 5.75 Å². The minimum Gasteiger partial charge on any atom is -0.509 e. The second-order valence-corrected chi connectivity index (χ2v) is 1.79. The summed E-state index contributed by atoms with van der Waals surface area (Å²) in [6.07, 6.45) is 0. The molecule has 0 saturated heterocycles. The highest BCUT2D eigenvalue weighted by Crippen LogP contribution is 1.98. The second-order valence-electron chi connectivity index (χ2n) is 1.79. The molecule has 0 aliphatic carbocycles. The van der Waals surface area contributed by atoms with Crippen LogP contribution in [0.3, 0.4) is 0 Å². The largest absolute Gasteiger partial charge is 0.509 e. The van der Waals surface area contributed by atoms with E-state index in [1.807, 2.05) is 26.0 Å². The van der Waals surface area contributed by atoms with E-state index in [9.17, 15) is 0 Å². The third kappa shape index (κ3) is 0.834. The molecule has 1 aromatic carbocycles. The summed E-state index contributed by atoms with van der Waals surface area (Å²) in [5.41, 5.74) is 0.924. The van der Waals surface area contributed by atoms with Gasteiger partial charge in [-0.15, -0.1) is 0 Å². The quantitative estimate of drug-likeness (QED) is 0.448. The fourth-order valence-corrected chi connectivity index (χ4v) is 0.563. The summed E-state index contributed by atoms with van der Waals surface area (Å²) in [6, 6.07) is 7.25. The first-order valence-corrected chi connectivity index (χ1v) is 2.55. The number of aromatic hydroxyl groups is 1. The molecule has 0 aliphatic rings. The average Bonchev–Trinajstić information content (AvgIpc) is 1.77. The molecule has 1 nitrogen and oxygen atoms in total. The Hall–Kier alpha value is -0.915. The van der Waals surface area contributed by atoms with Crippen molar-refractivity contribution >= 4 is 13.3 Å². The van der Waals surface area contributed by atoms with Gasteiger partial charge in [0.05, 0.1) is 0 Å². The van der Waals surface area contributed by atoms with Crippen molar-refractivity contribution in [2.45, 2.75) is 0 Å². The second kappa shape index (κ2) is 1.91. The van der Waals surface area contributed by atoms with E-state index in [2.05, 4.69) is 0 Å². The molecule has 8 heavy (non-hydrogen) atoms. The van der Waals surface area contributed by atoms with E-state index in [-0.39, 0.29) is 0 Å². The molecule has 0 aliphatic heterocycles. The van der Waals surface area contributed by atoms with Crippen LogP contribution in [0.15, 0.2) is 24.3 Å². The highest BCUT2D eigenvalue weighted by atomic mass is 16.3. The van der Waals surface area contributed by atoms with Crippen molar-refractivity contribution in [3.8, 4) is 5.75 Å². The molecule has 0 unspecified atom stereocenters. The Bertz CT molecular complexity index is 165. The van der Waals surface area contributed by atoms with Gasteiger partial charge in [-0.05, 0) is 11.5 Å². The molecule has 0 atom stereocenters. The lowest BCUT2D eigenvalue weighted by molar-refractivity contribution is 0.479. The molecular weight excluding hydrogens is 98.9 g/mol. The SMILES string of the molecule is Bc1ccccc1O. The van der Waals surface area contributed by atoms with Crippen LogP contribution in [0.5, 0.6) is 5.75 Å². The van der Waals surface area contributed by atoms with Crippen LogP contribution in [0.2, 0.25) is 0 Å². The normalized spacial score (nSPS) is 9.00. The first kappa shape index (κ1) is 5.23. The fourth-order valence-electron chi connectivity index (χ4n) is 0.563. The minimum absolute atomic E-state index is 0.368. The van der Waals surface area contributed by atoms with Gasteiger partial charge in [0, 0.05) is 0 Å². The summed E-state index contributed by atoms with van der Waals surface area (Å²) in [7, 11) is 1.87. The molecule has 1 rings (SSSR count). The number of benzene rings is 1. The molecule has 1 aromatic rings. The number of rotatable bonds is 0. The summed E-state index contributed by atoms with van der Waals surface area (Å²) in [5.74, 6) is 0.368. The molecule has 2 heteroatoms. The maximum absolute atomic E-state index is 8.92. The van der Waals surface area contributed by atoms with Crippen LogP contribution in [-0.2, 0) is 0 Å². The minimum atomic E-state index is 0.368. The third-order valence-electron chi connectivity index (χ3n) is 1.12. The van der Waals surface area contributed by atoms with Gasteiger partial charge in [-0.2, -0.15) is 0 Å². The van der Waals surface area contributed by atoms with E-state index in [1.165, 1.54) is 0 Å². The molecule has 0 fully saturated rings. The van der Waals surface area contributed by atoms with Gasteiger partial charge in [0.1, 0.15) is 13.6 Å². The molecule has 0 bridgehead atoms. The lowest BCUT2D eigenvalue weighted by Gasteiger charge is -1.92. The number of hydrogen-bond acceptors (Lipinski definition) is 1. The zero-order chi connectivity index (χ0) is 5.98. The smallest absolute Gasteiger partial charge is 0.144 e. The lowest BCUT2D eigenvalue weighted by Crippen LogP contribution is -1.99. The molecular formula is C6H7BO. The topological polar surface area (TPSA) is 20.2 Å². The van der Waals surface area contributed by atoms with E-state index in [4.69, 9.17) is 5.11 Å². The summed E-state index contributed by atoms with van der Waals surface area (Å²) in [4.78, 5) is 0. The van der Waals surface area contributed by atoms with Gasteiger partial charge >= 0.3 is 0 Å². The average molecular weight is 106 g/mol. The van der Waals surface area contributed by atoms with Gasteiger partial charge in [0.2, 0.25) is 0 Å². The Kier molecular flexibility index (Phi) is 1.25. The first-order valence-electron chi connectivity index (χ1n) is 2.55. The van der Waals surface area contributed by atoms with Crippen LogP contribution < -0.4 is 5.46 Å². The van der Waals surface area contributed by atoms with Crippen LogP contribution in [0, 0.1) is 0 Å².